The molecule has 0 atom stereocenters. The highest BCUT2D eigenvalue weighted by Gasteiger charge is 2.22. The first-order valence-corrected chi connectivity index (χ1v) is 13.0. The van der Waals surface area contributed by atoms with Crippen molar-refractivity contribution >= 4 is 33.3 Å². The van der Waals surface area contributed by atoms with Gasteiger partial charge in [-0.1, -0.05) is 55.5 Å². The van der Waals surface area contributed by atoms with Crippen LogP contribution in [0.3, 0.4) is 0 Å². The number of carbonyl (C=O) groups is 1. The van der Waals surface area contributed by atoms with E-state index in [0.29, 0.717) is 29.1 Å². The third kappa shape index (κ3) is 6.14. The lowest BCUT2D eigenvalue weighted by Gasteiger charge is -2.14. The quantitative estimate of drug-likeness (QED) is 0.276. The number of benzene rings is 2. The predicted molar refractivity (Wildman–Crippen MR) is 140 cm³/mol. The maximum Gasteiger partial charge on any atom is 0.328 e. The zero-order chi connectivity index (χ0) is 25.6. The molecule has 0 fully saturated rings. The van der Waals surface area contributed by atoms with Crippen molar-refractivity contribution in [3.05, 3.63) is 84.0 Å². The highest BCUT2D eigenvalue weighted by molar-refractivity contribution is 7.90. The van der Waals surface area contributed by atoms with Crippen molar-refractivity contribution in [2.24, 2.45) is 0 Å². The van der Waals surface area contributed by atoms with Crippen molar-refractivity contribution in [3.63, 3.8) is 0 Å². The number of aliphatic hydroxyl groups excluding tert-OH is 1. The zero-order valence-corrected chi connectivity index (χ0v) is 21.2. The van der Waals surface area contributed by atoms with Crippen LogP contribution in [0, 0.1) is 6.92 Å². The van der Waals surface area contributed by atoms with Crippen LogP contribution in [0.1, 0.15) is 36.1 Å². The summed E-state index contributed by atoms with van der Waals surface area (Å²) in [4.78, 5) is 16.5. The van der Waals surface area contributed by atoms with Crippen molar-refractivity contribution in [2.45, 2.75) is 38.1 Å². The van der Waals surface area contributed by atoms with E-state index in [4.69, 9.17) is 12.2 Å². The summed E-state index contributed by atoms with van der Waals surface area (Å²) >= 11 is 5.04. The Bertz CT molecular complexity index is 1350. The maximum atomic E-state index is 12.9. The van der Waals surface area contributed by atoms with Crippen molar-refractivity contribution in [1.29, 1.82) is 0 Å². The minimum atomic E-state index is -4.10. The second-order valence-corrected chi connectivity index (χ2v) is 9.94. The van der Waals surface area contributed by atoms with Gasteiger partial charge < -0.3 is 15.0 Å². The molecular formula is C25H28N4O4S2. The molecule has 184 valence electrons. The van der Waals surface area contributed by atoms with E-state index in [9.17, 15) is 18.3 Å². The lowest BCUT2D eigenvalue weighted by molar-refractivity contribution is 0.247. The number of aryl methyl sites for hydroxylation is 2. The summed E-state index contributed by atoms with van der Waals surface area (Å²) in [6.45, 7) is 7.96. The first-order chi connectivity index (χ1) is 16.7. The summed E-state index contributed by atoms with van der Waals surface area (Å²) in [5.41, 5.74) is 3.29. The molecule has 0 unspecified atom stereocenters. The summed E-state index contributed by atoms with van der Waals surface area (Å²) in [5, 5.41) is 12.2. The predicted octanol–water partition coefficient (Wildman–Crippen LogP) is 4.27. The number of hydrogen-bond acceptors (Lipinski definition) is 5. The van der Waals surface area contributed by atoms with Gasteiger partial charge >= 0.3 is 6.03 Å². The summed E-state index contributed by atoms with van der Waals surface area (Å²) < 4.78 is 29.7. The second-order valence-electron chi connectivity index (χ2n) is 7.90. The van der Waals surface area contributed by atoms with Gasteiger partial charge in [0.1, 0.15) is 11.5 Å². The molecule has 3 rings (SSSR count). The fourth-order valence-electron chi connectivity index (χ4n) is 3.78. The topological polar surface area (TPSA) is 113 Å². The summed E-state index contributed by atoms with van der Waals surface area (Å²) in [6, 6.07) is 13.1. The number of hydrogen-bond donors (Lipinski definition) is 3. The highest BCUT2D eigenvalue weighted by atomic mass is 32.2. The molecule has 0 aliphatic heterocycles. The zero-order valence-electron chi connectivity index (χ0n) is 19.6. The molecule has 35 heavy (non-hydrogen) atoms. The molecule has 3 N–H and O–H groups in total. The number of amides is 2. The van der Waals surface area contributed by atoms with Crippen LogP contribution in [0.4, 0.5) is 4.79 Å². The molecule has 0 bridgehead atoms. The first-order valence-electron chi connectivity index (χ1n) is 11.1. The summed E-state index contributed by atoms with van der Waals surface area (Å²) in [6.07, 6.45) is 3.10. The van der Waals surface area contributed by atoms with Crippen LogP contribution < -0.4 is 10.0 Å². The van der Waals surface area contributed by atoms with E-state index >= 15 is 0 Å². The van der Waals surface area contributed by atoms with E-state index in [1.165, 1.54) is 12.1 Å². The molecule has 3 aromatic rings. The number of aromatic nitrogens is 2. The first kappa shape index (κ1) is 26.1. The Kier molecular flexibility index (Phi) is 8.42. The van der Waals surface area contributed by atoms with E-state index in [1.807, 2.05) is 40.5 Å². The molecule has 8 nitrogen and oxygen atoms in total. The van der Waals surface area contributed by atoms with Gasteiger partial charge in [0.05, 0.1) is 10.6 Å². The van der Waals surface area contributed by atoms with Crippen LogP contribution in [-0.4, -0.2) is 40.7 Å². The Hall–Kier alpha value is -3.50. The maximum absolute atomic E-state index is 12.9. The SMILES string of the molecule is C=CCNC(=O)NS(=O)(=O)c1ccccc1-c1ccc(Cn2c(CCC)nc(C)c2C(O)=S)cc1. The number of nitrogens with one attached hydrogen (secondary N) is 2. The van der Waals surface area contributed by atoms with Crippen LogP contribution >= 0.6 is 12.2 Å². The van der Waals surface area contributed by atoms with Crippen LogP contribution in [0.25, 0.3) is 11.1 Å². The van der Waals surface area contributed by atoms with E-state index in [-0.39, 0.29) is 16.5 Å². The van der Waals surface area contributed by atoms with Gasteiger partial charge in [-0.05, 0) is 42.8 Å². The number of nitrogens with zero attached hydrogens (tertiary/aromatic N) is 2. The average Bonchev–Trinajstić information content (AvgIpc) is 3.12. The van der Waals surface area contributed by atoms with Crippen LogP contribution in [0.5, 0.6) is 0 Å². The standard InChI is InChI=1S/C25H28N4O4S2/c1-4-8-22-27-17(3)23(24(30)34)29(22)16-18-11-13-19(14-12-18)20-9-6-7-10-21(20)35(32,33)28-25(31)26-15-5-2/h5-7,9-14H,2,4,8,15-16H2,1,3H3,(H,30,34)(H2,26,28,31). The van der Waals surface area contributed by atoms with Gasteiger partial charge in [-0.25, -0.2) is 22.9 Å². The lowest BCUT2D eigenvalue weighted by Crippen LogP contribution is -2.39. The minimum absolute atomic E-state index is 0.00937. The Morgan fingerprint density at radius 1 is 1.20 bits per heavy atom. The Morgan fingerprint density at radius 2 is 1.89 bits per heavy atom. The third-order valence-electron chi connectivity index (χ3n) is 5.31. The van der Waals surface area contributed by atoms with Crippen molar-refractivity contribution in [1.82, 2.24) is 19.6 Å². The van der Waals surface area contributed by atoms with E-state index in [2.05, 4.69) is 23.8 Å². The van der Waals surface area contributed by atoms with Gasteiger partial charge in [0, 0.05) is 25.1 Å². The van der Waals surface area contributed by atoms with E-state index in [1.54, 1.807) is 18.2 Å². The van der Waals surface area contributed by atoms with Crippen molar-refractivity contribution in [3.8, 4) is 11.1 Å². The molecule has 0 spiro atoms. The highest BCUT2D eigenvalue weighted by Crippen LogP contribution is 2.28. The lowest BCUT2D eigenvalue weighted by atomic mass is 10.0. The number of carbonyl (C=O) groups excluding carboxylic acids is 1. The van der Waals surface area contributed by atoms with Crippen LogP contribution in [0.15, 0.2) is 66.1 Å². The summed E-state index contributed by atoms with van der Waals surface area (Å²) in [7, 11) is -4.10. The molecule has 2 aromatic carbocycles. The Morgan fingerprint density at radius 3 is 2.51 bits per heavy atom. The van der Waals surface area contributed by atoms with Crippen molar-refractivity contribution in [2.75, 3.05) is 6.54 Å². The number of thiocarbonyl (C=S) groups is 1. The number of rotatable bonds is 10. The summed E-state index contributed by atoms with van der Waals surface area (Å²) in [5.74, 6) is 0.845. The number of urea groups is 1. The van der Waals surface area contributed by atoms with Gasteiger partial charge in [-0.2, -0.15) is 0 Å². The largest absolute Gasteiger partial charge is 0.497 e. The number of imidazole rings is 1. The van der Waals surface area contributed by atoms with E-state index in [0.717, 1.165) is 24.2 Å². The fraction of sp³-hybridized carbons (Fsp3) is 0.240. The molecule has 10 heteroatoms. The monoisotopic (exact) mass is 512 g/mol. The normalized spacial score (nSPS) is 11.1. The molecule has 0 radical (unpaired) electrons. The van der Waals surface area contributed by atoms with Crippen LogP contribution in [-0.2, 0) is 23.0 Å². The third-order valence-corrected chi connectivity index (χ3v) is 6.90. The van der Waals surface area contributed by atoms with Gasteiger partial charge in [0.25, 0.3) is 10.0 Å². The second kappa shape index (κ2) is 11.3. The van der Waals surface area contributed by atoms with Gasteiger partial charge in [0.15, 0.2) is 0 Å². The number of sulfonamides is 1. The molecule has 0 aliphatic rings. The minimum Gasteiger partial charge on any atom is -0.497 e. The van der Waals surface area contributed by atoms with Gasteiger partial charge in [0.2, 0.25) is 5.05 Å². The van der Waals surface area contributed by atoms with Gasteiger partial charge in [-0.3, -0.25) is 0 Å². The molecule has 1 heterocycles. The molecule has 0 saturated carbocycles. The fourth-order valence-corrected chi connectivity index (χ4v) is 5.19. The molecule has 1 aromatic heterocycles. The van der Waals surface area contributed by atoms with Crippen LogP contribution in [0.2, 0.25) is 0 Å². The average molecular weight is 513 g/mol. The molecule has 0 saturated heterocycles. The van der Waals surface area contributed by atoms with Gasteiger partial charge in [-0.15, -0.1) is 6.58 Å². The molecular weight excluding hydrogens is 484 g/mol. The van der Waals surface area contributed by atoms with E-state index < -0.39 is 16.1 Å². The van der Waals surface area contributed by atoms with Crippen molar-refractivity contribution < 1.29 is 18.3 Å². The Balaban J connectivity index is 1.91. The molecule has 2 amide bonds. The Labute approximate surface area is 210 Å². The molecule has 0 aliphatic carbocycles. The number of aliphatic hydroxyl groups is 1. The smallest absolute Gasteiger partial charge is 0.328 e.